The van der Waals surface area contributed by atoms with Crippen LogP contribution in [-0.4, -0.2) is 27.4 Å². The molecule has 4 nitrogen and oxygen atoms in total. The lowest BCUT2D eigenvalue weighted by molar-refractivity contribution is 0.0957. The van der Waals surface area contributed by atoms with Crippen molar-refractivity contribution in [3.63, 3.8) is 0 Å². The summed E-state index contributed by atoms with van der Waals surface area (Å²) in [6.45, 7) is 1.31. The maximum atomic E-state index is 6.20. The predicted molar refractivity (Wildman–Crippen MR) is 79.3 cm³/mol. The summed E-state index contributed by atoms with van der Waals surface area (Å²) in [5.41, 5.74) is 7.12. The third kappa shape index (κ3) is 3.87. The Balaban J connectivity index is 1.84. The van der Waals surface area contributed by atoms with Crippen LogP contribution in [0.5, 0.6) is 11.5 Å². The lowest BCUT2D eigenvalue weighted by atomic mass is 9.83. The van der Waals surface area contributed by atoms with Gasteiger partial charge in [0.05, 0.1) is 26.9 Å². The van der Waals surface area contributed by atoms with Gasteiger partial charge in [0.15, 0.2) is 0 Å². The highest BCUT2D eigenvalue weighted by Gasteiger charge is 2.17. The topological polar surface area (TPSA) is 53.7 Å². The molecule has 1 aliphatic carbocycles. The van der Waals surface area contributed by atoms with Crippen molar-refractivity contribution in [2.45, 2.75) is 31.7 Å². The zero-order valence-corrected chi connectivity index (χ0v) is 12.4. The van der Waals surface area contributed by atoms with Crippen molar-refractivity contribution in [2.24, 2.45) is 11.7 Å². The smallest absolute Gasteiger partial charge is 0.123 e. The molecule has 0 aromatic heterocycles. The van der Waals surface area contributed by atoms with Gasteiger partial charge in [-0.25, -0.2) is 0 Å². The normalized spacial score (nSPS) is 16.6. The highest BCUT2D eigenvalue weighted by atomic mass is 16.5. The molecule has 112 valence electrons. The first kappa shape index (κ1) is 15.1. The van der Waals surface area contributed by atoms with Gasteiger partial charge in [-0.15, -0.1) is 0 Å². The summed E-state index contributed by atoms with van der Waals surface area (Å²) in [6.07, 6.45) is 5.26. The molecule has 2 rings (SSSR count). The molecule has 2 N–H and O–H groups in total. The molecular formula is C16H25NO3. The lowest BCUT2D eigenvalue weighted by Crippen LogP contribution is -2.20. The van der Waals surface area contributed by atoms with Crippen LogP contribution in [0.25, 0.3) is 0 Å². The van der Waals surface area contributed by atoms with Crippen LogP contribution in [0.1, 0.15) is 37.3 Å². The molecule has 0 spiro atoms. The number of benzene rings is 1. The minimum atomic E-state index is -0.193. The summed E-state index contributed by atoms with van der Waals surface area (Å²) in [4.78, 5) is 0. The number of methoxy groups -OCH3 is 2. The summed E-state index contributed by atoms with van der Waals surface area (Å²) in [6, 6.07) is 5.47. The Hall–Kier alpha value is -1.26. The van der Waals surface area contributed by atoms with Crippen LogP contribution in [0.4, 0.5) is 0 Å². The van der Waals surface area contributed by atoms with Crippen LogP contribution in [0, 0.1) is 5.92 Å². The first-order valence-corrected chi connectivity index (χ1v) is 7.30. The zero-order chi connectivity index (χ0) is 14.4. The Labute approximate surface area is 121 Å². The zero-order valence-electron chi connectivity index (χ0n) is 12.4. The molecule has 0 saturated heterocycles. The molecule has 0 radical (unpaired) electrons. The van der Waals surface area contributed by atoms with Gasteiger partial charge in [-0.05, 0) is 30.5 Å². The van der Waals surface area contributed by atoms with E-state index in [1.165, 1.54) is 19.3 Å². The standard InChI is InChI=1S/C16H25NO3/c1-18-13-6-7-16(19-2)14(10-13)15(17)11-20-9-8-12-4-3-5-12/h6-7,10,12,15H,3-5,8-9,11,17H2,1-2H3. The van der Waals surface area contributed by atoms with E-state index in [9.17, 15) is 0 Å². The quantitative estimate of drug-likeness (QED) is 0.743. The Morgan fingerprint density at radius 3 is 2.65 bits per heavy atom. The SMILES string of the molecule is COc1ccc(OC)c(C(N)COCCC2CCC2)c1. The van der Waals surface area contributed by atoms with E-state index >= 15 is 0 Å². The fourth-order valence-electron chi connectivity index (χ4n) is 2.46. The van der Waals surface area contributed by atoms with Crippen molar-refractivity contribution in [3.05, 3.63) is 23.8 Å². The summed E-state index contributed by atoms with van der Waals surface area (Å²) < 4.78 is 16.3. The van der Waals surface area contributed by atoms with E-state index in [1.807, 2.05) is 18.2 Å². The van der Waals surface area contributed by atoms with E-state index in [1.54, 1.807) is 14.2 Å². The first-order chi connectivity index (χ1) is 9.74. The molecule has 4 heteroatoms. The fraction of sp³-hybridized carbons (Fsp3) is 0.625. The van der Waals surface area contributed by atoms with E-state index < -0.39 is 0 Å². The summed E-state index contributed by atoms with van der Waals surface area (Å²) in [5, 5.41) is 0. The summed E-state index contributed by atoms with van der Waals surface area (Å²) in [7, 11) is 3.29. The largest absolute Gasteiger partial charge is 0.497 e. The van der Waals surface area contributed by atoms with Gasteiger partial charge in [0.1, 0.15) is 11.5 Å². The Morgan fingerprint density at radius 2 is 2.05 bits per heavy atom. The number of hydrogen-bond donors (Lipinski definition) is 1. The third-order valence-corrected chi connectivity index (χ3v) is 4.03. The van der Waals surface area contributed by atoms with E-state index in [0.29, 0.717) is 6.61 Å². The number of ether oxygens (including phenoxy) is 3. The molecule has 1 saturated carbocycles. The first-order valence-electron chi connectivity index (χ1n) is 7.30. The maximum absolute atomic E-state index is 6.20. The van der Waals surface area contributed by atoms with Gasteiger partial charge in [-0.3, -0.25) is 0 Å². The van der Waals surface area contributed by atoms with Gasteiger partial charge >= 0.3 is 0 Å². The molecule has 1 aromatic carbocycles. The second-order valence-corrected chi connectivity index (χ2v) is 5.37. The van der Waals surface area contributed by atoms with Gasteiger partial charge in [-0.2, -0.15) is 0 Å². The highest BCUT2D eigenvalue weighted by Crippen LogP contribution is 2.30. The number of hydrogen-bond acceptors (Lipinski definition) is 4. The van der Waals surface area contributed by atoms with E-state index in [4.69, 9.17) is 19.9 Å². The molecule has 1 atom stereocenters. The number of rotatable bonds is 8. The van der Waals surface area contributed by atoms with Gasteiger partial charge < -0.3 is 19.9 Å². The monoisotopic (exact) mass is 279 g/mol. The van der Waals surface area contributed by atoms with E-state index in [0.717, 1.165) is 36.0 Å². The second kappa shape index (κ2) is 7.50. The minimum Gasteiger partial charge on any atom is -0.497 e. The Kier molecular flexibility index (Phi) is 5.68. The predicted octanol–water partition coefficient (Wildman–Crippen LogP) is 2.91. The van der Waals surface area contributed by atoms with Crippen LogP contribution in [0.15, 0.2) is 18.2 Å². The van der Waals surface area contributed by atoms with Crippen molar-refractivity contribution in [1.82, 2.24) is 0 Å². The molecule has 1 fully saturated rings. The molecule has 1 aliphatic rings. The van der Waals surface area contributed by atoms with Crippen LogP contribution in [-0.2, 0) is 4.74 Å². The molecule has 0 heterocycles. The van der Waals surface area contributed by atoms with Gasteiger partial charge in [0.2, 0.25) is 0 Å². The molecule has 1 unspecified atom stereocenters. The fourth-order valence-corrected chi connectivity index (χ4v) is 2.46. The van der Waals surface area contributed by atoms with E-state index in [2.05, 4.69) is 0 Å². The molecule has 1 aromatic rings. The van der Waals surface area contributed by atoms with Gasteiger partial charge in [0, 0.05) is 12.2 Å². The molecule has 0 aliphatic heterocycles. The van der Waals surface area contributed by atoms with Crippen molar-refractivity contribution < 1.29 is 14.2 Å². The van der Waals surface area contributed by atoms with E-state index in [-0.39, 0.29) is 6.04 Å². The third-order valence-electron chi connectivity index (χ3n) is 4.03. The maximum Gasteiger partial charge on any atom is 0.123 e. The average molecular weight is 279 g/mol. The van der Waals surface area contributed by atoms with Crippen molar-refractivity contribution in [2.75, 3.05) is 27.4 Å². The van der Waals surface area contributed by atoms with Gasteiger partial charge in [-0.1, -0.05) is 19.3 Å². The summed E-state index contributed by atoms with van der Waals surface area (Å²) in [5.74, 6) is 2.43. The molecular weight excluding hydrogens is 254 g/mol. The minimum absolute atomic E-state index is 0.193. The molecule has 0 amide bonds. The second-order valence-electron chi connectivity index (χ2n) is 5.37. The highest BCUT2D eigenvalue weighted by molar-refractivity contribution is 5.42. The Morgan fingerprint density at radius 1 is 1.25 bits per heavy atom. The summed E-state index contributed by atoms with van der Waals surface area (Å²) >= 11 is 0. The van der Waals surface area contributed by atoms with Crippen LogP contribution >= 0.6 is 0 Å². The molecule has 20 heavy (non-hydrogen) atoms. The molecule has 0 bridgehead atoms. The van der Waals surface area contributed by atoms with Crippen LogP contribution in [0.3, 0.4) is 0 Å². The Bertz CT molecular complexity index is 418. The van der Waals surface area contributed by atoms with Crippen molar-refractivity contribution >= 4 is 0 Å². The number of nitrogens with two attached hydrogens (primary N) is 1. The average Bonchev–Trinajstić information content (AvgIpc) is 2.44. The lowest BCUT2D eigenvalue weighted by Gasteiger charge is -2.25. The van der Waals surface area contributed by atoms with Crippen molar-refractivity contribution in [1.29, 1.82) is 0 Å². The van der Waals surface area contributed by atoms with Crippen molar-refractivity contribution in [3.8, 4) is 11.5 Å². The van der Waals surface area contributed by atoms with Crippen LogP contribution in [0.2, 0.25) is 0 Å². The van der Waals surface area contributed by atoms with Gasteiger partial charge in [0.25, 0.3) is 0 Å². The van der Waals surface area contributed by atoms with Crippen LogP contribution < -0.4 is 15.2 Å².